The minimum absolute atomic E-state index is 0.0831. The SMILES string of the molecule is COCCC(NC(=O)c1cccc(Cl)c1F)C(=O)O. The van der Waals surface area contributed by atoms with Crippen LogP contribution in [-0.2, 0) is 9.53 Å². The van der Waals surface area contributed by atoms with Gasteiger partial charge in [0.25, 0.3) is 5.91 Å². The van der Waals surface area contributed by atoms with Crippen LogP contribution in [0.3, 0.4) is 0 Å². The molecule has 5 nitrogen and oxygen atoms in total. The van der Waals surface area contributed by atoms with Gasteiger partial charge >= 0.3 is 5.97 Å². The van der Waals surface area contributed by atoms with E-state index in [2.05, 4.69) is 5.32 Å². The fourth-order valence-corrected chi connectivity index (χ4v) is 1.58. The zero-order valence-electron chi connectivity index (χ0n) is 10.2. The molecule has 0 spiro atoms. The molecule has 7 heteroatoms. The number of carbonyl (C=O) groups is 2. The van der Waals surface area contributed by atoms with Gasteiger partial charge in [0.05, 0.1) is 10.6 Å². The van der Waals surface area contributed by atoms with Gasteiger partial charge in [0.15, 0.2) is 5.82 Å². The first-order valence-corrected chi connectivity index (χ1v) is 5.81. The standard InChI is InChI=1S/C12H13ClFNO4/c1-19-6-5-9(12(17)18)15-11(16)7-3-2-4-8(13)10(7)14/h2-4,9H,5-6H2,1H3,(H,15,16)(H,17,18). The summed E-state index contributed by atoms with van der Waals surface area (Å²) in [5.74, 6) is -2.92. The lowest BCUT2D eigenvalue weighted by Gasteiger charge is -2.14. The monoisotopic (exact) mass is 289 g/mol. The van der Waals surface area contributed by atoms with Crippen LogP contribution in [-0.4, -0.2) is 36.7 Å². The van der Waals surface area contributed by atoms with E-state index in [4.69, 9.17) is 21.4 Å². The van der Waals surface area contributed by atoms with Gasteiger partial charge < -0.3 is 15.2 Å². The van der Waals surface area contributed by atoms with Crippen molar-refractivity contribution in [2.45, 2.75) is 12.5 Å². The lowest BCUT2D eigenvalue weighted by Crippen LogP contribution is -2.41. The van der Waals surface area contributed by atoms with Crippen LogP contribution < -0.4 is 5.32 Å². The Morgan fingerprint density at radius 3 is 2.79 bits per heavy atom. The molecule has 0 aliphatic rings. The molecule has 1 aromatic carbocycles. The number of methoxy groups -OCH3 is 1. The summed E-state index contributed by atoms with van der Waals surface area (Å²) in [4.78, 5) is 22.7. The first kappa shape index (κ1) is 15.4. The number of carboxylic acids is 1. The van der Waals surface area contributed by atoms with Crippen molar-refractivity contribution in [1.82, 2.24) is 5.32 Å². The number of aliphatic carboxylic acids is 1. The van der Waals surface area contributed by atoms with E-state index in [1.165, 1.54) is 25.3 Å². The number of ether oxygens (including phenoxy) is 1. The predicted molar refractivity (Wildman–Crippen MR) is 66.8 cm³/mol. The summed E-state index contributed by atoms with van der Waals surface area (Å²) >= 11 is 5.55. The molecule has 0 saturated carbocycles. The summed E-state index contributed by atoms with van der Waals surface area (Å²) in [6.45, 7) is 0.162. The van der Waals surface area contributed by atoms with E-state index in [9.17, 15) is 14.0 Å². The number of carboxylic acid groups (broad SMARTS) is 1. The molecule has 1 amide bonds. The number of halogens is 2. The van der Waals surface area contributed by atoms with E-state index < -0.39 is 23.7 Å². The Morgan fingerprint density at radius 1 is 1.53 bits per heavy atom. The van der Waals surface area contributed by atoms with Crippen LogP contribution in [0.4, 0.5) is 4.39 Å². The van der Waals surface area contributed by atoms with Crippen LogP contribution in [0.5, 0.6) is 0 Å². The summed E-state index contributed by atoms with van der Waals surface area (Å²) in [7, 11) is 1.41. The van der Waals surface area contributed by atoms with Crippen LogP contribution >= 0.6 is 11.6 Å². The van der Waals surface area contributed by atoms with Crippen molar-refractivity contribution in [3.8, 4) is 0 Å². The lowest BCUT2D eigenvalue weighted by atomic mass is 10.1. The summed E-state index contributed by atoms with van der Waals surface area (Å²) in [6.07, 6.45) is 0.0831. The molecular weight excluding hydrogens is 277 g/mol. The van der Waals surface area contributed by atoms with Gasteiger partial charge in [-0.2, -0.15) is 0 Å². The highest BCUT2D eigenvalue weighted by Gasteiger charge is 2.22. The van der Waals surface area contributed by atoms with Gasteiger partial charge in [-0.15, -0.1) is 0 Å². The Hall–Kier alpha value is -1.66. The Morgan fingerprint density at radius 2 is 2.21 bits per heavy atom. The van der Waals surface area contributed by atoms with Crippen LogP contribution in [0.2, 0.25) is 5.02 Å². The quantitative estimate of drug-likeness (QED) is 0.836. The van der Waals surface area contributed by atoms with Crippen molar-refractivity contribution in [3.05, 3.63) is 34.6 Å². The molecule has 1 unspecified atom stereocenters. The van der Waals surface area contributed by atoms with Gasteiger partial charge in [0.1, 0.15) is 6.04 Å². The topological polar surface area (TPSA) is 75.6 Å². The van der Waals surface area contributed by atoms with Crippen molar-refractivity contribution < 1.29 is 23.8 Å². The van der Waals surface area contributed by atoms with Crippen LogP contribution in [0, 0.1) is 5.82 Å². The summed E-state index contributed by atoms with van der Waals surface area (Å²) in [6, 6.07) is 2.79. The van der Waals surface area contributed by atoms with E-state index in [0.717, 1.165) is 0 Å². The lowest BCUT2D eigenvalue weighted by molar-refractivity contribution is -0.139. The van der Waals surface area contributed by atoms with E-state index in [1.54, 1.807) is 0 Å². The molecule has 19 heavy (non-hydrogen) atoms. The molecule has 0 saturated heterocycles. The molecule has 0 heterocycles. The number of hydrogen-bond donors (Lipinski definition) is 2. The predicted octanol–water partition coefficient (Wildman–Crippen LogP) is 1.70. The number of hydrogen-bond acceptors (Lipinski definition) is 3. The molecule has 0 fully saturated rings. The van der Waals surface area contributed by atoms with Crippen LogP contribution in [0.1, 0.15) is 16.8 Å². The summed E-state index contributed by atoms with van der Waals surface area (Å²) in [5, 5.41) is 11.0. The molecule has 0 aliphatic heterocycles. The molecule has 0 aromatic heterocycles. The number of amides is 1. The maximum absolute atomic E-state index is 13.6. The number of benzene rings is 1. The number of carbonyl (C=O) groups excluding carboxylic acids is 1. The first-order valence-electron chi connectivity index (χ1n) is 5.44. The number of nitrogens with one attached hydrogen (secondary N) is 1. The van der Waals surface area contributed by atoms with E-state index in [0.29, 0.717) is 0 Å². The van der Waals surface area contributed by atoms with Crippen molar-refractivity contribution >= 4 is 23.5 Å². The maximum atomic E-state index is 13.6. The molecular formula is C12H13ClFNO4. The molecule has 0 aliphatic carbocycles. The van der Waals surface area contributed by atoms with Crippen LogP contribution in [0.15, 0.2) is 18.2 Å². The number of rotatable bonds is 6. The molecule has 2 N–H and O–H groups in total. The van der Waals surface area contributed by atoms with Gasteiger partial charge in [-0.1, -0.05) is 17.7 Å². The second-order valence-corrected chi connectivity index (χ2v) is 4.15. The third-order valence-electron chi connectivity index (χ3n) is 2.41. The Kier molecular flexibility index (Phi) is 5.72. The summed E-state index contributed by atoms with van der Waals surface area (Å²) < 4.78 is 18.3. The zero-order chi connectivity index (χ0) is 14.4. The van der Waals surface area contributed by atoms with Crippen molar-refractivity contribution in [3.63, 3.8) is 0 Å². The van der Waals surface area contributed by atoms with Gasteiger partial charge in [0.2, 0.25) is 0 Å². The minimum Gasteiger partial charge on any atom is -0.480 e. The molecule has 1 rings (SSSR count). The summed E-state index contributed by atoms with van der Waals surface area (Å²) in [5.41, 5.74) is -0.295. The van der Waals surface area contributed by atoms with Gasteiger partial charge in [-0.25, -0.2) is 9.18 Å². The highest BCUT2D eigenvalue weighted by molar-refractivity contribution is 6.31. The fourth-order valence-electron chi connectivity index (χ4n) is 1.41. The second-order valence-electron chi connectivity index (χ2n) is 3.75. The Labute approximate surface area is 114 Å². The fraction of sp³-hybridized carbons (Fsp3) is 0.333. The Balaban J connectivity index is 2.82. The smallest absolute Gasteiger partial charge is 0.326 e. The highest BCUT2D eigenvalue weighted by Crippen LogP contribution is 2.17. The highest BCUT2D eigenvalue weighted by atomic mass is 35.5. The normalized spacial score (nSPS) is 11.9. The van der Waals surface area contributed by atoms with Gasteiger partial charge in [-0.3, -0.25) is 4.79 Å². The largest absolute Gasteiger partial charge is 0.480 e. The Bertz CT molecular complexity index is 481. The minimum atomic E-state index is -1.21. The molecule has 104 valence electrons. The van der Waals surface area contributed by atoms with Gasteiger partial charge in [-0.05, 0) is 12.1 Å². The molecule has 0 bridgehead atoms. The molecule has 1 atom stereocenters. The van der Waals surface area contributed by atoms with E-state index in [1.807, 2.05) is 0 Å². The van der Waals surface area contributed by atoms with E-state index >= 15 is 0 Å². The van der Waals surface area contributed by atoms with Gasteiger partial charge in [0, 0.05) is 20.1 Å². The van der Waals surface area contributed by atoms with Crippen molar-refractivity contribution in [2.75, 3.05) is 13.7 Å². The average Bonchev–Trinajstić information content (AvgIpc) is 2.37. The average molecular weight is 290 g/mol. The molecule has 0 radical (unpaired) electrons. The zero-order valence-corrected chi connectivity index (χ0v) is 10.9. The van der Waals surface area contributed by atoms with Crippen molar-refractivity contribution in [2.24, 2.45) is 0 Å². The first-order chi connectivity index (χ1) is 8.97. The molecule has 1 aromatic rings. The maximum Gasteiger partial charge on any atom is 0.326 e. The third kappa shape index (κ3) is 4.18. The second kappa shape index (κ2) is 7.06. The third-order valence-corrected chi connectivity index (χ3v) is 2.70. The van der Waals surface area contributed by atoms with E-state index in [-0.39, 0.29) is 23.6 Å². The van der Waals surface area contributed by atoms with Crippen LogP contribution in [0.25, 0.3) is 0 Å². The van der Waals surface area contributed by atoms with Crippen molar-refractivity contribution in [1.29, 1.82) is 0 Å².